The molecule has 6 nitrogen and oxygen atoms in total. The molecule has 0 radical (unpaired) electrons. The fraction of sp³-hybridized carbons (Fsp3) is 0.579. The molecular formula is C19H27ClF3N5O. The summed E-state index contributed by atoms with van der Waals surface area (Å²) >= 11 is 6.05. The van der Waals surface area contributed by atoms with Crippen LogP contribution in [0, 0.1) is 6.92 Å². The highest BCUT2D eigenvalue weighted by Crippen LogP contribution is 2.23. The topological polar surface area (TPSA) is 68.8 Å². The molecule has 0 spiro atoms. The molecule has 1 aliphatic rings. The first-order valence-electron chi connectivity index (χ1n) is 9.57. The fourth-order valence-electron chi connectivity index (χ4n) is 3.09. The lowest BCUT2D eigenvalue weighted by molar-refractivity contribution is -0.143. The summed E-state index contributed by atoms with van der Waals surface area (Å²) in [5, 5.41) is 9.60. The van der Waals surface area contributed by atoms with Crippen LogP contribution in [0.1, 0.15) is 25.3 Å². The van der Waals surface area contributed by atoms with Gasteiger partial charge >= 0.3 is 6.18 Å². The van der Waals surface area contributed by atoms with Crippen LogP contribution in [-0.2, 0) is 4.79 Å². The Kier molecular flexibility index (Phi) is 8.58. The second-order valence-corrected chi connectivity index (χ2v) is 7.36. The molecule has 0 aliphatic carbocycles. The zero-order valence-electron chi connectivity index (χ0n) is 16.6. The standard InChI is InChI=1S/C19H27ClF3N5O/c1-3-24-18(26-14-8-10-28(11-14)12-19(21,22)23)25-9-7-17(29)27-16-6-4-5-15(20)13(16)2/h4-6,14H,3,7-12H2,1-2H3,(H,27,29)(H2,24,25,26). The minimum Gasteiger partial charge on any atom is -0.357 e. The number of rotatable bonds is 7. The minimum atomic E-state index is -4.19. The number of alkyl halides is 3. The molecule has 29 heavy (non-hydrogen) atoms. The Morgan fingerprint density at radius 2 is 2.14 bits per heavy atom. The Morgan fingerprint density at radius 1 is 1.38 bits per heavy atom. The van der Waals surface area contributed by atoms with Crippen LogP contribution in [-0.4, -0.2) is 61.7 Å². The molecule has 1 saturated heterocycles. The van der Waals surface area contributed by atoms with Gasteiger partial charge in [-0.05, 0) is 38.0 Å². The van der Waals surface area contributed by atoms with Gasteiger partial charge in [0.05, 0.1) is 13.1 Å². The molecule has 0 bridgehead atoms. The lowest BCUT2D eigenvalue weighted by atomic mass is 10.2. The van der Waals surface area contributed by atoms with E-state index >= 15 is 0 Å². The maximum Gasteiger partial charge on any atom is 0.401 e. The normalized spacial score (nSPS) is 18.0. The van der Waals surface area contributed by atoms with Gasteiger partial charge in [-0.3, -0.25) is 14.7 Å². The van der Waals surface area contributed by atoms with Gasteiger partial charge in [-0.2, -0.15) is 13.2 Å². The molecule has 1 fully saturated rings. The van der Waals surface area contributed by atoms with Crippen molar-refractivity contribution in [3.63, 3.8) is 0 Å². The molecule has 1 atom stereocenters. The monoisotopic (exact) mass is 433 g/mol. The summed E-state index contributed by atoms with van der Waals surface area (Å²) in [5.41, 5.74) is 1.46. The number of guanidine groups is 1. The van der Waals surface area contributed by atoms with Crippen LogP contribution >= 0.6 is 11.6 Å². The number of hydrogen-bond acceptors (Lipinski definition) is 3. The maximum atomic E-state index is 12.5. The van der Waals surface area contributed by atoms with Gasteiger partial charge in [-0.15, -0.1) is 0 Å². The molecule has 1 unspecified atom stereocenters. The van der Waals surface area contributed by atoms with E-state index in [1.807, 2.05) is 13.8 Å². The number of carbonyl (C=O) groups is 1. The van der Waals surface area contributed by atoms with Gasteiger partial charge < -0.3 is 16.0 Å². The Morgan fingerprint density at radius 3 is 2.83 bits per heavy atom. The zero-order valence-corrected chi connectivity index (χ0v) is 17.3. The Balaban J connectivity index is 1.83. The number of carbonyl (C=O) groups excluding carboxylic acids is 1. The first-order valence-corrected chi connectivity index (χ1v) is 9.94. The lowest BCUT2D eigenvalue weighted by Gasteiger charge is -2.19. The maximum absolute atomic E-state index is 12.5. The number of likely N-dealkylation sites (tertiary alicyclic amines) is 1. The van der Waals surface area contributed by atoms with Crippen LogP contribution in [0.2, 0.25) is 5.02 Å². The summed E-state index contributed by atoms with van der Waals surface area (Å²) in [6.45, 7) is 4.38. The molecule has 10 heteroatoms. The number of hydrogen-bond donors (Lipinski definition) is 3. The third-order valence-electron chi connectivity index (χ3n) is 4.51. The number of halogens is 4. The number of benzene rings is 1. The predicted molar refractivity (Wildman–Crippen MR) is 109 cm³/mol. The second kappa shape index (κ2) is 10.7. The summed E-state index contributed by atoms with van der Waals surface area (Å²) < 4.78 is 37.6. The fourth-order valence-corrected chi connectivity index (χ4v) is 3.26. The van der Waals surface area contributed by atoms with Crippen LogP contribution < -0.4 is 16.0 Å². The Hall–Kier alpha value is -2.00. The molecule has 1 aromatic carbocycles. The third-order valence-corrected chi connectivity index (χ3v) is 4.92. The van der Waals surface area contributed by atoms with E-state index in [0.29, 0.717) is 42.7 Å². The van der Waals surface area contributed by atoms with Gasteiger partial charge in [-0.25, -0.2) is 0 Å². The van der Waals surface area contributed by atoms with Crippen molar-refractivity contribution in [3.8, 4) is 0 Å². The Labute approximate surface area is 173 Å². The second-order valence-electron chi connectivity index (χ2n) is 6.95. The molecule has 0 saturated carbocycles. The highest BCUT2D eigenvalue weighted by molar-refractivity contribution is 6.31. The van der Waals surface area contributed by atoms with E-state index in [0.717, 1.165) is 5.56 Å². The molecule has 2 rings (SSSR count). The summed E-state index contributed by atoms with van der Waals surface area (Å²) in [6.07, 6.45) is -3.41. The number of amides is 1. The van der Waals surface area contributed by atoms with Gasteiger partial charge in [0.15, 0.2) is 5.96 Å². The van der Waals surface area contributed by atoms with Gasteiger partial charge in [0.25, 0.3) is 0 Å². The molecule has 3 N–H and O–H groups in total. The number of anilines is 1. The largest absolute Gasteiger partial charge is 0.401 e. The number of nitrogens with zero attached hydrogens (tertiary/aromatic N) is 2. The molecule has 162 valence electrons. The molecule has 1 aliphatic heterocycles. The first-order chi connectivity index (χ1) is 13.7. The first kappa shape index (κ1) is 23.3. The van der Waals surface area contributed by atoms with E-state index in [-0.39, 0.29) is 24.9 Å². The van der Waals surface area contributed by atoms with Crippen molar-refractivity contribution >= 4 is 29.2 Å². The van der Waals surface area contributed by atoms with Crippen LogP contribution in [0.3, 0.4) is 0 Å². The highest BCUT2D eigenvalue weighted by atomic mass is 35.5. The van der Waals surface area contributed by atoms with Gasteiger partial charge in [0.2, 0.25) is 5.91 Å². The number of nitrogens with one attached hydrogen (secondary N) is 3. The quantitative estimate of drug-likeness (QED) is 0.456. The van der Waals surface area contributed by atoms with Crippen molar-refractivity contribution < 1.29 is 18.0 Å². The minimum absolute atomic E-state index is 0.113. The molecular weight excluding hydrogens is 407 g/mol. The van der Waals surface area contributed by atoms with Gasteiger partial charge in [0, 0.05) is 42.8 Å². The van der Waals surface area contributed by atoms with Gasteiger partial charge in [-0.1, -0.05) is 17.7 Å². The van der Waals surface area contributed by atoms with E-state index in [2.05, 4.69) is 20.9 Å². The lowest BCUT2D eigenvalue weighted by Crippen LogP contribution is -2.45. The average molecular weight is 434 g/mol. The van der Waals surface area contributed by atoms with E-state index in [4.69, 9.17) is 11.6 Å². The van der Waals surface area contributed by atoms with E-state index in [1.54, 1.807) is 18.2 Å². The summed E-state index contributed by atoms with van der Waals surface area (Å²) in [7, 11) is 0. The molecule has 1 heterocycles. The average Bonchev–Trinajstić information content (AvgIpc) is 3.04. The molecule has 0 aromatic heterocycles. The van der Waals surface area contributed by atoms with Crippen molar-refractivity contribution in [1.29, 1.82) is 0 Å². The smallest absolute Gasteiger partial charge is 0.357 e. The molecule has 1 amide bonds. The van der Waals surface area contributed by atoms with E-state index in [9.17, 15) is 18.0 Å². The molecule has 1 aromatic rings. The van der Waals surface area contributed by atoms with Crippen LogP contribution in [0.25, 0.3) is 0 Å². The van der Waals surface area contributed by atoms with Crippen molar-refractivity contribution in [1.82, 2.24) is 15.5 Å². The van der Waals surface area contributed by atoms with Crippen LogP contribution in [0.4, 0.5) is 18.9 Å². The van der Waals surface area contributed by atoms with E-state index in [1.165, 1.54) is 4.90 Å². The zero-order chi connectivity index (χ0) is 21.4. The summed E-state index contributed by atoms with van der Waals surface area (Å²) in [4.78, 5) is 17.9. The Bertz CT molecular complexity index is 726. The van der Waals surface area contributed by atoms with Crippen LogP contribution in [0.5, 0.6) is 0 Å². The van der Waals surface area contributed by atoms with Crippen molar-refractivity contribution in [3.05, 3.63) is 28.8 Å². The van der Waals surface area contributed by atoms with Crippen molar-refractivity contribution in [2.24, 2.45) is 4.99 Å². The summed E-state index contributed by atoms with van der Waals surface area (Å²) in [5.74, 6) is 0.310. The van der Waals surface area contributed by atoms with Gasteiger partial charge in [0.1, 0.15) is 0 Å². The van der Waals surface area contributed by atoms with Crippen LogP contribution in [0.15, 0.2) is 23.2 Å². The van der Waals surface area contributed by atoms with Crippen molar-refractivity contribution in [2.75, 3.05) is 38.0 Å². The number of aliphatic imine (C=N–C) groups is 1. The predicted octanol–water partition coefficient (Wildman–Crippen LogP) is 3.17. The third kappa shape index (κ3) is 8.10. The van der Waals surface area contributed by atoms with E-state index < -0.39 is 12.7 Å². The summed E-state index contributed by atoms with van der Waals surface area (Å²) in [6, 6.07) is 5.18. The highest BCUT2D eigenvalue weighted by Gasteiger charge is 2.34. The SMILES string of the molecule is CCNC(=NCCC(=O)Nc1cccc(Cl)c1C)NC1CCN(CC(F)(F)F)C1. The van der Waals surface area contributed by atoms with Crippen molar-refractivity contribution in [2.45, 2.75) is 38.9 Å².